The number of hydrogen-bond acceptors (Lipinski definition) is 2. The molecule has 1 atom stereocenters. The van der Waals surface area contributed by atoms with E-state index in [4.69, 9.17) is 4.74 Å². The lowest BCUT2D eigenvalue weighted by Gasteiger charge is -2.14. The first-order valence-electron chi connectivity index (χ1n) is 6.32. The van der Waals surface area contributed by atoms with E-state index in [2.05, 4.69) is 24.4 Å². The summed E-state index contributed by atoms with van der Waals surface area (Å²) in [5.41, 5.74) is 4.41. The van der Waals surface area contributed by atoms with Gasteiger partial charge < -0.3 is 10.1 Å². The largest absolute Gasteiger partial charge is 0.493 e. The average Bonchev–Trinajstić information content (AvgIpc) is 2.93. The highest BCUT2D eigenvalue weighted by atomic mass is 16.5. The summed E-state index contributed by atoms with van der Waals surface area (Å²) in [6.07, 6.45) is 4.93. The first-order chi connectivity index (χ1) is 7.84. The molecule has 2 aliphatic rings. The van der Waals surface area contributed by atoms with E-state index in [0.29, 0.717) is 6.04 Å². The first kappa shape index (κ1) is 10.2. The second-order valence-electron chi connectivity index (χ2n) is 4.92. The molecular formula is C14H19NO. The molecule has 1 aromatic carbocycles. The highest BCUT2D eigenvalue weighted by Crippen LogP contribution is 2.31. The predicted octanol–water partition coefficient (Wildman–Crippen LogP) is 2.22. The van der Waals surface area contributed by atoms with Crippen molar-refractivity contribution in [3.8, 4) is 5.75 Å². The van der Waals surface area contributed by atoms with E-state index in [1.807, 2.05) is 0 Å². The molecule has 0 spiro atoms. The number of ether oxygens (including phenoxy) is 1. The van der Waals surface area contributed by atoms with Crippen LogP contribution in [0.2, 0.25) is 0 Å². The Balaban J connectivity index is 1.84. The Morgan fingerprint density at radius 1 is 1.44 bits per heavy atom. The van der Waals surface area contributed by atoms with Crippen LogP contribution in [0, 0.1) is 6.92 Å². The number of hydrogen-bond donors (Lipinski definition) is 1. The van der Waals surface area contributed by atoms with Crippen molar-refractivity contribution in [2.24, 2.45) is 0 Å². The third-order valence-electron chi connectivity index (χ3n) is 3.91. The lowest BCUT2D eigenvalue weighted by atomic mass is 9.95. The first-order valence-corrected chi connectivity index (χ1v) is 6.32. The van der Waals surface area contributed by atoms with Crippen molar-refractivity contribution in [1.82, 2.24) is 5.32 Å². The molecule has 0 aliphatic carbocycles. The summed E-state index contributed by atoms with van der Waals surface area (Å²) in [6.45, 7) is 4.30. The van der Waals surface area contributed by atoms with E-state index in [1.165, 1.54) is 42.5 Å². The number of rotatable bonds is 2. The van der Waals surface area contributed by atoms with Gasteiger partial charge in [0.15, 0.2) is 0 Å². The van der Waals surface area contributed by atoms with Crippen LogP contribution in [0.25, 0.3) is 0 Å². The van der Waals surface area contributed by atoms with Crippen molar-refractivity contribution in [2.75, 3.05) is 13.2 Å². The topological polar surface area (TPSA) is 21.3 Å². The monoisotopic (exact) mass is 217 g/mol. The van der Waals surface area contributed by atoms with Crippen LogP contribution >= 0.6 is 0 Å². The third kappa shape index (κ3) is 1.71. The van der Waals surface area contributed by atoms with Crippen molar-refractivity contribution in [3.63, 3.8) is 0 Å². The number of fused-ring (bicyclic) bond motifs is 1. The van der Waals surface area contributed by atoms with Gasteiger partial charge in [-0.1, -0.05) is 6.07 Å². The molecule has 0 saturated carbocycles. The van der Waals surface area contributed by atoms with Crippen LogP contribution in [0.4, 0.5) is 0 Å². The van der Waals surface area contributed by atoms with Gasteiger partial charge in [0, 0.05) is 18.0 Å². The van der Waals surface area contributed by atoms with E-state index < -0.39 is 0 Å². The Kier molecular flexibility index (Phi) is 2.60. The molecule has 2 aliphatic heterocycles. The second-order valence-corrected chi connectivity index (χ2v) is 4.92. The minimum atomic E-state index is 0.694. The van der Waals surface area contributed by atoms with E-state index >= 15 is 0 Å². The standard InChI is InChI=1S/C14H19NO/c1-10-11(9-12-3-2-7-15-12)4-5-14-13(10)6-8-16-14/h4-5,12,15H,2-3,6-9H2,1H3. The molecule has 0 bridgehead atoms. The summed E-state index contributed by atoms with van der Waals surface area (Å²) in [5.74, 6) is 1.11. The van der Waals surface area contributed by atoms with Crippen LogP contribution in [0.3, 0.4) is 0 Å². The van der Waals surface area contributed by atoms with Crippen LogP contribution in [-0.4, -0.2) is 19.2 Å². The Hall–Kier alpha value is -1.02. The third-order valence-corrected chi connectivity index (χ3v) is 3.91. The Bertz CT molecular complexity index is 394. The van der Waals surface area contributed by atoms with E-state index in [0.717, 1.165) is 18.8 Å². The quantitative estimate of drug-likeness (QED) is 0.820. The highest BCUT2D eigenvalue weighted by Gasteiger charge is 2.19. The predicted molar refractivity (Wildman–Crippen MR) is 65.1 cm³/mol. The zero-order chi connectivity index (χ0) is 11.0. The summed E-state index contributed by atoms with van der Waals surface area (Å²) < 4.78 is 5.59. The van der Waals surface area contributed by atoms with E-state index in [-0.39, 0.29) is 0 Å². The molecule has 1 aromatic rings. The van der Waals surface area contributed by atoms with Gasteiger partial charge >= 0.3 is 0 Å². The average molecular weight is 217 g/mol. The molecule has 86 valence electrons. The number of benzene rings is 1. The van der Waals surface area contributed by atoms with Gasteiger partial charge in [-0.2, -0.15) is 0 Å². The summed E-state index contributed by atoms with van der Waals surface area (Å²) in [5, 5.41) is 3.57. The molecule has 1 N–H and O–H groups in total. The maximum absolute atomic E-state index is 5.59. The van der Waals surface area contributed by atoms with Crippen molar-refractivity contribution >= 4 is 0 Å². The van der Waals surface area contributed by atoms with Gasteiger partial charge in [-0.3, -0.25) is 0 Å². The van der Waals surface area contributed by atoms with E-state index in [1.54, 1.807) is 0 Å². The molecule has 2 heteroatoms. The van der Waals surface area contributed by atoms with Crippen molar-refractivity contribution in [1.29, 1.82) is 0 Å². The van der Waals surface area contributed by atoms with Crippen LogP contribution in [0.5, 0.6) is 5.75 Å². The maximum Gasteiger partial charge on any atom is 0.122 e. The zero-order valence-corrected chi connectivity index (χ0v) is 9.88. The molecule has 16 heavy (non-hydrogen) atoms. The molecule has 1 fully saturated rings. The van der Waals surface area contributed by atoms with Crippen molar-refractivity contribution in [2.45, 2.75) is 38.6 Å². The Morgan fingerprint density at radius 2 is 2.38 bits per heavy atom. The smallest absolute Gasteiger partial charge is 0.122 e. The summed E-state index contributed by atoms with van der Waals surface area (Å²) in [4.78, 5) is 0. The van der Waals surface area contributed by atoms with Gasteiger partial charge in [0.05, 0.1) is 6.61 Å². The maximum atomic E-state index is 5.59. The molecular weight excluding hydrogens is 198 g/mol. The molecule has 1 saturated heterocycles. The normalized spacial score (nSPS) is 23.2. The lowest BCUT2D eigenvalue weighted by molar-refractivity contribution is 0.357. The lowest BCUT2D eigenvalue weighted by Crippen LogP contribution is -2.24. The SMILES string of the molecule is Cc1c(CC2CCCN2)ccc2c1CCO2. The van der Waals surface area contributed by atoms with Gasteiger partial charge in [-0.05, 0) is 49.9 Å². The molecule has 0 radical (unpaired) electrons. The Labute approximate surface area is 97.0 Å². The van der Waals surface area contributed by atoms with Crippen molar-refractivity contribution in [3.05, 3.63) is 28.8 Å². The van der Waals surface area contributed by atoms with Gasteiger partial charge in [0.2, 0.25) is 0 Å². The zero-order valence-electron chi connectivity index (χ0n) is 9.88. The minimum Gasteiger partial charge on any atom is -0.493 e. The molecule has 3 rings (SSSR count). The van der Waals surface area contributed by atoms with Crippen LogP contribution in [0.1, 0.15) is 29.5 Å². The fourth-order valence-electron chi connectivity index (χ4n) is 2.91. The highest BCUT2D eigenvalue weighted by molar-refractivity contribution is 5.46. The molecule has 1 unspecified atom stereocenters. The van der Waals surface area contributed by atoms with Crippen LogP contribution in [0.15, 0.2) is 12.1 Å². The number of nitrogens with one attached hydrogen (secondary N) is 1. The molecule has 2 nitrogen and oxygen atoms in total. The fraction of sp³-hybridized carbons (Fsp3) is 0.571. The van der Waals surface area contributed by atoms with Crippen LogP contribution < -0.4 is 10.1 Å². The minimum absolute atomic E-state index is 0.694. The fourth-order valence-corrected chi connectivity index (χ4v) is 2.91. The van der Waals surface area contributed by atoms with Crippen LogP contribution in [-0.2, 0) is 12.8 Å². The molecule has 0 amide bonds. The van der Waals surface area contributed by atoms with Gasteiger partial charge in [0.1, 0.15) is 5.75 Å². The van der Waals surface area contributed by atoms with Gasteiger partial charge in [-0.25, -0.2) is 0 Å². The summed E-state index contributed by atoms with van der Waals surface area (Å²) in [6, 6.07) is 5.10. The summed E-state index contributed by atoms with van der Waals surface area (Å²) >= 11 is 0. The summed E-state index contributed by atoms with van der Waals surface area (Å²) in [7, 11) is 0. The van der Waals surface area contributed by atoms with Gasteiger partial charge in [-0.15, -0.1) is 0 Å². The molecule has 2 heterocycles. The van der Waals surface area contributed by atoms with E-state index in [9.17, 15) is 0 Å². The molecule has 0 aromatic heterocycles. The van der Waals surface area contributed by atoms with Crippen molar-refractivity contribution < 1.29 is 4.74 Å². The van der Waals surface area contributed by atoms with Gasteiger partial charge in [0.25, 0.3) is 0 Å². The second kappa shape index (κ2) is 4.10. The Morgan fingerprint density at radius 3 is 3.19 bits per heavy atom.